The first-order valence-electron chi connectivity index (χ1n) is 6.83. The summed E-state index contributed by atoms with van der Waals surface area (Å²) in [5.41, 5.74) is 2.69. The standard InChI is InChI=1S/C16H17ClN2O2S/c1-3-13-4-6-14(7-5-13)12(2)18-19-22(20,21)16-10-8-15(17)9-11-16/h4-11,19H,3H2,1-2H3/b18-12+. The van der Waals surface area contributed by atoms with Gasteiger partial charge in [-0.05, 0) is 48.7 Å². The molecule has 2 aromatic carbocycles. The van der Waals surface area contributed by atoms with Gasteiger partial charge in [-0.1, -0.05) is 42.8 Å². The lowest BCUT2D eigenvalue weighted by atomic mass is 10.1. The van der Waals surface area contributed by atoms with Crippen molar-refractivity contribution in [1.29, 1.82) is 0 Å². The summed E-state index contributed by atoms with van der Waals surface area (Å²) in [7, 11) is -3.69. The summed E-state index contributed by atoms with van der Waals surface area (Å²) in [4.78, 5) is 2.36. The van der Waals surface area contributed by atoms with Crippen LogP contribution < -0.4 is 4.83 Å². The molecular formula is C16H17ClN2O2S. The smallest absolute Gasteiger partial charge is 0.200 e. The van der Waals surface area contributed by atoms with Gasteiger partial charge in [-0.3, -0.25) is 0 Å². The van der Waals surface area contributed by atoms with E-state index in [2.05, 4.69) is 16.9 Å². The van der Waals surface area contributed by atoms with Gasteiger partial charge in [0, 0.05) is 5.02 Å². The molecule has 0 saturated heterocycles. The minimum Gasteiger partial charge on any atom is -0.200 e. The van der Waals surface area contributed by atoms with E-state index >= 15 is 0 Å². The maximum Gasteiger partial charge on any atom is 0.276 e. The van der Waals surface area contributed by atoms with Crippen molar-refractivity contribution in [3.05, 3.63) is 64.7 Å². The van der Waals surface area contributed by atoms with Crippen LogP contribution in [0.1, 0.15) is 25.0 Å². The Hall–Kier alpha value is -1.85. The molecule has 0 fully saturated rings. The monoisotopic (exact) mass is 336 g/mol. The van der Waals surface area contributed by atoms with Gasteiger partial charge in [0.25, 0.3) is 10.0 Å². The number of hydrogen-bond donors (Lipinski definition) is 1. The van der Waals surface area contributed by atoms with Crippen molar-refractivity contribution in [1.82, 2.24) is 4.83 Å². The third kappa shape index (κ3) is 4.08. The number of rotatable bonds is 5. The maximum absolute atomic E-state index is 12.1. The van der Waals surface area contributed by atoms with Crippen LogP contribution in [0.3, 0.4) is 0 Å². The van der Waals surface area contributed by atoms with Crippen LogP contribution in [-0.4, -0.2) is 14.1 Å². The molecule has 2 rings (SSSR count). The van der Waals surface area contributed by atoms with Crippen LogP contribution in [0, 0.1) is 0 Å². The molecule has 0 radical (unpaired) electrons. The van der Waals surface area contributed by atoms with Crippen LogP contribution in [0.25, 0.3) is 0 Å². The van der Waals surface area contributed by atoms with E-state index in [1.165, 1.54) is 29.8 Å². The summed E-state index contributed by atoms with van der Waals surface area (Å²) in [6.45, 7) is 3.83. The highest BCUT2D eigenvalue weighted by molar-refractivity contribution is 7.89. The van der Waals surface area contributed by atoms with Gasteiger partial charge in [-0.2, -0.15) is 18.4 Å². The van der Waals surface area contributed by atoms with E-state index in [-0.39, 0.29) is 4.90 Å². The van der Waals surface area contributed by atoms with Gasteiger partial charge in [0.1, 0.15) is 0 Å². The van der Waals surface area contributed by atoms with Crippen LogP contribution in [0.5, 0.6) is 0 Å². The van der Waals surface area contributed by atoms with Gasteiger partial charge in [-0.25, -0.2) is 0 Å². The third-order valence-electron chi connectivity index (χ3n) is 3.24. The molecule has 0 aliphatic rings. The second-order valence-corrected chi connectivity index (χ2v) is 6.89. The van der Waals surface area contributed by atoms with Crippen molar-refractivity contribution in [3.63, 3.8) is 0 Å². The van der Waals surface area contributed by atoms with Crippen LogP contribution >= 0.6 is 11.6 Å². The molecule has 4 nitrogen and oxygen atoms in total. The van der Waals surface area contributed by atoms with Crippen molar-refractivity contribution in [2.75, 3.05) is 0 Å². The number of sulfonamides is 1. The maximum atomic E-state index is 12.1. The number of halogens is 1. The van der Waals surface area contributed by atoms with Crippen LogP contribution in [0.2, 0.25) is 5.02 Å². The highest BCUT2D eigenvalue weighted by Crippen LogP contribution is 2.14. The Balaban J connectivity index is 2.16. The molecule has 2 aromatic rings. The minimum atomic E-state index is -3.69. The van der Waals surface area contributed by atoms with Crippen molar-refractivity contribution in [3.8, 4) is 0 Å². The fourth-order valence-corrected chi connectivity index (χ4v) is 2.82. The number of nitrogens with one attached hydrogen (secondary N) is 1. The van der Waals surface area contributed by atoms with Crippen molar-refractivity contribution >= 4 is 27.3 Å². The molecule has 0 saturated carbocycles. The second kappa shape index (κ2) is 6.94. The number of hydrogen-bond acceptors (Lipinski definition) is 3. The quantitative estimate of drug-likeness (QED) is 0.670. The van der Waals surface area contributed by atoms with E-state index in [0.717, 1.165) is 12.0 Å². The van der Waals surface area contributed by atoms with E-state index in [9.17, 15) is 8.42 Å². The lowest BCUT2D eigenvalue weighted by Gasteiger charge is -2.06. The molecule has 0 bridgehead atoms. The molecule has 0 aliphatic heterocycles. The fourth-order valence-electron chi connectivity index (χ4n) is 1.84. The van der Waals surface area contributed by atoms with Crippen LogP contribution in [0.4, 0.5) is 0 Å². The Morgan fingerprint density at radius 3 is 2.23 bits per heavy atom. The van der Waals surface area contributed by atoms with E-state index < -0.39 is 10.0 Å². The minimum absolute atomic E-state index is 0.120. The molecule has 0 atom stereocenters. The summed E-state index contributed by atoms with van der Waals surface area (Å²) >= 11 is 5.75. The Bertz CT molecular complexity index is 767. The largest absolute Gasteiger partial charge is 0.276 e. The Kier molecular flexibility index (Phi) is 5.21. The molecule has 0 heterocycles. The zero-order valence-electron chi connectivity index (χ0n) is 12.4. The molecule has 0 aliphatic carbocycles. The summed E-state index contributed by atoms with van der Waals surface area (Å²) in [6, 6.07) is 13.8. The normalized spacial score (nSPS) is 12.2. The first-order valence-corrected chi connectivity index (χ1v) is 8.69. The molecule has 1 N–H and O–H groups in total. The van der Waals surface area contributed by atoms with E-state index in [1.54, 1.807) is 6.92 Å². The van der Waals surface area contributed by atoms with Crippen molar-refractivity contribution < 1.29 is 8.42 Å². The van der Waals surface area contributed by atoms with Crippen LogP contribution in [0.15, 0.2) is 58.5 Å². The van der Waals surface area contributed by atoms with Gasteiger partial charge in [-0.15, -0.1) is 0 Å². The molecule has 0 spiro atoms. The molecule has 6 heteroatoms. The zero-order valence-corrected chi connectivity index (χ0v) is 13.9. The first-order chi connectivity index (χ1) is 10.4. The molecule has 0 aromatic heterocycles. The second-order valence-electron chi connectivity index (χ2n) is 4.80. The lowest BCUT2D eigenvalue weighted by molar-refractivity contribution is 0.584. The van der Waals surface area contributed by atoms with Crippen molar-refractivity contribution in [2.24, 2.45) is 5.10 Å². The molecule has 116 valence electrons. The predicted molar refractivity (Wildman–Crippen MR) is 89.8 cm³/mol. The van der Waals surface area contributed by atoms with E-state index in [1.807, 2.05) is 24.3 Å². The predicted octanol–water partition coefficient (Wildman–Crippen LogP) is 3.60. The highest BCUT2D eigenvalue weighted by atomic mass is 35.5. The number of hydrazone groups is 1. The SMILES string of the molecule is CCc1ccc(/C(C)=N/NS(=O)(=O)c2ccc(Cl)cc2)cc1. The van der Waals surface area contributed by atoms with Gasteiger partial charge in [0.2, 0.25) is 0 Å². The molecule has 0 unspecified atom stereocenters. The lowest BCUT2D eigenvalue weighted by Crippen LogP contribution is -2.19. The number of nitrogens with zero attached hydrogens (tertiary/aromatic N) is 1. The molecule has 22 heavy (non-hydrogen) atoms. The number of aryl methyl sites for hydroxylation is 1. The Labute approximate surface area is 135 Å². The molecular weight excluding hydrogens is 320 g/mol. The average molecular weight is 337 g/mol. The van der Waals surface area contributed by atoms with Crippen LogP contribution in [-0.2, 0) is 16.4 Å². The first kappa shape index (κ1) is 16.5. The zero-order chi connectivity index (χ0) is 16.2. The van der Waals surface area contributed by atoms with Gasteiger partial charge >= 0.3 is 0 Å². The average Bonchev–Trinajstić information content (AvgIpc) is 2.53. The summed E-state index contributed by atoms with van der Waals surface area (Å²) in [6.07, 6.45) is 0.958. The number of benzene rings is 2. The van der Waals surface area contributed by atoms with Gasteiger partial charge < -0.3 is 0 Å². The fraction of sp³-hybridized carbons (Fsp3) is 0.188. The third-order valence-corrected chi connectivity index (χ3v) is 4.71. The van der Waals surface area contributed by atoms with E-state index in [0.29, 0.717) is 10.7 Å². The van der Waals surface area contributed by atoms with Crippen molar-refractivity contribution in [2.45, 2.75) is 25.2 Å². The summed E-state index contributed by atoms with van der Waals surface area (Å²) in [5.74, 6) is 0. The van der Waals surface area contributed by atoms with Gasteiger partial charge in [0.05, 0.1) is 10.6 Å². The molecule has 0 amide bonds. The topological polar surface area (TPSA) is 58.5 Å². The highest BCUT2D eigenvalue weighted by Gasteiger charge is 2.12. The van der Waals surface area contributed by atoms with E-state index in [4.69, 9.17) is 11.6 Å². The summed E-state index contributed by atoms with van der Waals surface area (Å²) < 4.78 is 24.2. The van der Waals surface area contributed by atoms with Gasteiger partial charge in [0.15, 0.2) is 0 Å². The Morgan fingerprint density at radius 1 is 1.09 bits per heavy atom. The Morgan fingerprint density at radius 2 is 1.68 bits per heavy atom. The summed E-state index contributed by atoms with van der Waals surface area (Å²) in [5, 5.41) is 4.45.